The Labute approximate surface area is 124 Å². The molecule has 0 amide bonds. The van der Waals surface area contributed by atoms with Gasteiger partial charge in [-0.05, 0) is 12.1 Å². The van der Waals surface area contributed by atoms with Crippen molar-refractivity contribution in [2.24, 2.45) is 0 Å². The Morgan fingerprint density at radius 1 is 1.14 bits per heavy atom. The number of nitriles is 1. The van der Waals surface area contributed by atoms with Crippen LogP contribution in [0.5, 0.6) is 0 Å². The lowest BCUT2D eigenvalue weighted by atomic mass is 10.0. The maximum absolute atomic E-state index is 13.0. The molecule has 0 atom stereocenters. The molecule has 0 saturated carbocycles. The summed E-state index contributed by atoms with van der Waals surface area (Å²) in [5.41, 5.74) is -0.804. The maximum atomic E-state index is 13.0. The highest BCUT2D eigenvalue weighted by atomic mass is 35.5. The first-order chi connectivity index (χ1) is 9.95. The summed E-state index contributed by atoms with van der Waals surface area (Å²) in [6.45, 7) is 0. The number of benzene rings is 1. The van der Waals surface area contributed by atoms with Crippen LogP contribution < -0.4 is 0 Å². The Hall–Kier alpha value is -2.32. The van der Waals surface area contributed by atoms with Crippen LogP contribution in [0.1, 0.15) is 16.7 Å². The van der Waals surface area contributed by atoms with Crippen molar-refractivity contribution >= 4 is 22.2 Å². The first-order valence-electron chi connectivity index (χ1n) is 5.82. The first-order valence-corrected chi connectivity index (χ1v) is 6.20. The molecule has 1 heterocycles. The third-order valence-corrected chi connectivity index (χ3v) is 3.14. The molecule has 0 fully saturated rings. The summed E-state index contributed by atoms with van der Waals surface area (Å²) in [5, 5.41) is 8.95. The van der Waals surface area contributed by atoms with E-state index in [1.165, 1.54) is 30.6 Å². The number of pyridine rings is 1. The molecule has 0 aliphatic rings. The van der Waals surface area contributed by atoms with Gasteiger partial charge in [-0.25, -0.2) is 0 Å². The molecule has 0 radical (unpaired) electrons. The molecule has 1 aromatic carbocycles. The van der Waals surface area contributed by atoms with Crippen LogP contribution in [0.25, 0.3) is 10.6 Å². The van der Waals surface area contributed by atoms with Crippen molar-refractivity contribution in [1.82, 2.24) is 4.98 Å². The lowest BCUT2D eigenvalue weighted by molar-refractivity contribution is -0.137. The fourth-order valence-corrected chi connectivity index (χ4v) is 2.12. The number of rotatable bonds is 2. The van der Waals surface area contributed by atoms with Crippen molar-refractivity contribution in [1.29, 1.82) is 5.26 Å². The van der Waals surface area contributed by atoms with Crippen LogP contribution in [-0.2, 0) is 6.18 Å². The number of aromatic nitrogens is 1. The molecule has 0 aliphatic carbocycles. The van der Waals surface area contributed by atoms with Crippen molar-refractivity contribution in [3.63, 3.8) is 0 Å². The van der Waals surface area contributed by atoms with Gasteiger partial charge in [0.05, 0.1) is 16.2 Å². The highest BCUT2D eigenvalue weighted by molar-refractivity contribution is 6.53. The summed E-state index contributed by atoms with van der Waals surface area (Å²) in [6, 6.07) is 9.84. The van der Waals surface area contributed by atoms with E-state index in [1.807, 2.05) is 6.07 Å². The Morgan fingerprint density at radius 3 is 2.43 bits per heavy atom. The molecule has 2 nitrogen and oxygen atoms in total. The van der Waals surface area contributed by atoms with E-state index in [4.69, 9.17) is 11.6 Å². The van der Waals surface area contributed by atoms with Gasteiger partial charge in [-0.1, -0.05) is 35.9 Å². The number of allylic oxidation sites excluding steroid dienone is 1. The van der Waals surface area contributed by atoms with Gasteiger partial charge >= 0.3 is 6.18 Å². The third-order valence-electron chi connectivity index (χ3n) is 2.75. The van der Waals surface area contributed by atoms with Crippen LogP contribution in [0, 0.1) is 11.3 Å². The Morgan fingerprint density at radius 2 is 1.86 bits per heavy atom. The fraction of sp³-hybridized carbons (Fsp3) is 0.0667. The molecule has 106 valence electrons. The van der Waals surface area contributed by atoms with Gasteiger partial charge in [-0.2, -0.15) is 18.4 Å². The molecule has 2 rings (SSSR count). The van der Waals surface area contributed by atoms with E-state index in [9.17, 15) is 18.4 Å². The van der Waals surface area contributed by atoms with Crippen molar-refractivity contribution in [2.75, 3.05) is 0 Å². The van der Waals surface area contributed by atoms with E-state index in [0.29, 0.717) is 5.56 Å². The van der Waals surface area contributed by atoms with Gasteiger partial charge in [-0.15, -0.1) is 0 Å². The molecule has 6 heteroatoms. The minimum atomic E-state index is -4.55. The number of hydrogen-bond acceptors (Lipinski definition) is 2. The molecular weight excluding hydrogens is 301 g/mol. The number of hydrogen-bond donors (Lipinski definition) is 0. The Balaban J connectivity index is 2.66. The van der Waals surface area contributed by atoms with Crippen LogP contribution in [0.4, 0.5) is 13.2 Å². The summed E-state index contributed by atoms with van der Waals surface area (Å²) < 4.78 is 39.0. The van der Waals surface area contributed by atoms with Gasteiger partial charge in [0.1, 0.15) is 6.07 Å². The van der Waals surface area contributed by atoms with Crippen LogP contribution in [0.3, 0.4) is 0 Å². The number of halogens is 4. The summed E-state index contributed by atoms with van der Waals surface area (Å²) >= 11 is 6.05. The van der Waals surface area contributed by atoms with Gasteiger partial charge in [0.15, 0.2) is 0 Å². The fourth-order valence-electron chi connectivity index (χ4n) is 1.81. The molecule has 0 spiro atoms. The van der Waals surface area contributed by atoms with Gasteiger partial charge in [0.25, 0.3) is 0 Å². The van der Waals surface area contributed by atoms with Crippen LogP contribution in [0.2, 0.25) is 0 Å². The summed E-state index contributed by atoms with van der Waals surface area (Å²) in [5.74, 6) is 0. The van der Waals surface area contributed by atoms with Crippen molar-refractivity contribution in [3.8, 4) is 6.07 Å². The van der Waals surface area contributed by atoms with Gasteiger partial charge in [0.2, 0.25) is 0 Å². The molecule has 0 saturated heterocycles. The molecule has 21 heavy (non-hydrogen) atoms. The van der Waals surface area contributed by atoms with E-state index in [2.05, 4.69) is 4.98 Å². The zero-order valence-electron chi connectivity index (χ0n) is 10.5. The average molecular weight is 309 g/mol. The van der Waals surface area contributed by atoms with Gasteiger partial charge in [-0.3, -0.25) is 4.98 Å². The summed E-state index contributed by atoms with van der Waals surface area (Å²) in [7, 11) is 0. The minimum absolute atomic E-state index is 0.0542. The quantitative estimate of drug-likeness (QED) is 0.752. The standard InChI is InChI=1S/C15H8ClF3N2/c16-14(12(8-20)10-4-3-7-21-9-10)11-5-1-2-6-13(11)15(17,18)19/h1-7,9H/b14-12+. The number of nitrogens with zero attached hydrogens (tertiary/aromatic N) is 2. The second kappa shape index (κ2) is 5.98. The molecule has 1 aromatic heterocycles. The summed E-state index contributed by atoms with van der Waals surface area (Å²) in [4.78, 5) is 3.83. The molecule has 0 unspecified atom stereocenters. The zero-order chi connectivity index (χ0) is 15.5. The van der Waals surface area contributed by atoms with Crippen molar-refractivity contribution in [2.45, 2.75) is 6.18 Å². The van der Waals surface area contributed by atoms with Gasteiger partial charge < -0.3 is 0 Å². The predicted octanol–water partition coefficient (Wildman–Crippen LogP) is 4.73. The first kappa shape index (κ1) is 15.1. The van der Waals surface area contributed by atoms with Crippen LogP contribution in [0.15, 0.2) is 48.8 Å². The maximum Gasteiger partial charge on any atom is 0.417 e. The Kier molecular flexibility index (Phi) is 4.29. The van der Waals surface area contributed by atoms with Crippen molar-refractivity contribution in [3.05, 3.63) is 65.5 Å². The lowest BCUT2D eigenvalue weighted by Crippen LogP contribution is -2.08. The minimum Gasteiger partial charge on any atom is -0.264 e. The zero-order valence-corrected chi connectivity index (χ0v) is 11.3. The van der Waals surface area contributed by atoms with E-state index in [0.717, 1.165) is 6.07 Å². The van der Waals surface area contributed by atoms with Crippen molar-refractivity contribution < 1.29 is 13.2 Å². The van der Waals surface area contributed by atoms with E-state index < -0.39 is 11.7 Å². The number of alkyl halides is 3. The highest BCUT2D eigenvalue weighted by Gasteiger charge is 2.34. The SMILES string of the molecule is N#C/C(=C(\Cl)c1ccccc1C(F)(F)F)c1cccnc1. The van der Waals surface area contributed by atoms with Crippen LogP contribution >= 0.6 is 11.6 Å². The molecule has 2 aromatic rings. The second-order valence-corrected chi connectivity index (χ2v) is 4.46. The molecule has 0 bridgehead atoms. The highest BCUT2D eigenvalue weighted by Crippen LogP contribution is 2.38. The monoisotopic (exact) mass is 308 g/mol. The average Bonchev–Trinajstić information content (AvgIpc) is 2.48. The third kappa shape index (κ3) is 3.23. The largest absolute Gasteiger partial charge is 0.417 e. The predicted molar refractivity (Wildman–Crippen MR) is 74.0 cm³/mol. The molecule has 0 N–H and O–H groups in total. The normalized spacial score (nSPS) is 12.5. The van der Waals surface area contributed by atoms with E-state index in [-0.39, 0.29) is 16.2 Å². The molecule has 0 aliphatic heterocycles. The Bertz CT molecular complexity index is 716. The topological polar surface area (TPSA) is 36.7 Å². The van der Waals surface area contributed by atoms with E-state index >= 15 is 0 Å². The van der Waals surface area contributed by atoms with E-state index in [1.54, 1.807) is 12.1 Å². The lowest BCUT2D eigenvalue weighted by Gasteiger charge is -2.13. The second-order valence-electron chi connectivity index (χ2n) is 4.09. The van der Waals surface area contributed by atoms with Crippen LogP contribution in [-0.4, -0.2) is 4.98 Å². The summed E-state index contributed by atoms with van der Waals surface area (Å²) in [6.07, 6.45) is -1.68. The van der Waals surface area contributed by atoms with Gasteiger partial charge in [0, 0.05) is 23.5 Å². The smallest absolute Gasteiger partial charge is 0.264 e. The molecular formula is C15H8ClF3N2.